The lowest BCUT2D eigenvalue weighted by Gasteiger charge is -2.15. The number of rotatable bonds is 5. The van der Waals surface area contributed by atoms with Gasteiger partial charge in [-0.3, -0.25) is 14.2 Å². The third kappa shape index (κ3) is 3.93. The van der Waals surface area contributed by atoms with E-state index < -0.39 is 5.25 Å². The van der Waals surface area contributed by atoms with E-state index in [2.05, 4.69) is 10.3 Å². The molecule has 0 fully saturated rings. The molecular weight excluding hydrogens is 392 g/mol. The van der Waals surface area contributed by atoms with E-state index in [9.17, 15) is 9.59 Å². The summed E-state index contributed by atoms with van der Waals surface area (Å²) in [6.07, 6.45) is 0. The number of hydrogen-bond donors (Lipinski definition) is 1. The first-order valence-corrected chi connectivity index (χ1v) is 10.6. The number of benzene rings is 1. The smallest absolute Gasteiger partial charge is 0.262 e. The van der Waals surface area contributed by atoms with Gasteiger partial charge in [0, 0.05) is 37.4 Å². The number of thiophene rings is 1. The Morgan fingerprint density at radius 1 is 1.25 bits per heavy atom. The third-order valence-electron chi connectivity index (χ3n) is 4.67. The van der Waals surface area contributed by atoms with Crippen LogP contribution in [-0.4, -0.2) is 34.8 Å². The fourth-order valence-corrected chi connectivity index (χ4v) is 4.70. The van der Waals surface area contributed by atoms with Crippen molar-refractivity contribution in [2.24, 2.45) is 7.05 Å². The van der Waals surface area contributed by atoms with Gasteiger partial charge in [0.1, 0.15) is 4.83 Å². The van der Waals surface area contributed by atoms with Gasteiger partial charge in [0.05, 0.1) is 10.6 Å². The molecule has 0 radical (unpaired) electrons. The van der Waals surface area contributed by atoms with Gasteiger partial charge in [-0.25, -0.2) is 4.98 Å². The molecule has 2 heterocycles. The summed E-state index contributed by atoms with van der Waals surface area (Å²) in [7, 11) is 5.64. The van der Waals surface area contributed by atoms with Crippen molar-refractivity contribution in [1.29, 1.82) is 0 Å². The Morgan fingerprint density at radius 3 is 2.50 bits per heavy atom. The topological polar surface area (TPSA) is 67.2 Å². The molecule has 0 bridgehead atoms. The van der Waals surface area contributed by atoms with Gasteiger partial charge in [-0.2, -0.15) is 0 Å². The molecule has 1 aromatic carbocycles. The molecule has 0 aliphatic heterocycles. The number of thioether (sulfide) groups is 1. The van der Waals surface area contributed by atoms with Crippen molar-refractivity contribution in [1.82, 2.24) is 9.55 Å². The molecule has 0 saturated carbocycles. The second-order valence-electron chi connectivity index (χ2n) is 6.91. The number of nitrogens with zero attached hydrogens (tertiary/aromatic N) is 3. The predicted octanol–water partition coefficient (Wildman–Crippen LogP) is 3.80. The summed E-state index contributed by atoms with van der Waals surface area (Å²) in [4.78, 5) is 33.8. The maximum atomic E-state index is 12.7. The molecule has 6 nitrogen and oxygen atoms in total. The van der Waals surface area contributed by atoms with Crippen LogP contribution in [0.25, 0.3) is 10.2 Å². The first-order valence-electron chi connectivity index (χ1n) is 8.90. The molecule has 1 N–H and O–H groups in total. The van der Waals surface area contributed by atoms with Crippen LogP contribution < -0.4 is 15.8 Å². The molecule has 1 unspecified atom stereocenters. The van der Waals surface area contributed by atoms with Crippen molar-refractivity contribution in [3.05, 3.63) is 45.1 Å². The zero-order chi connectivity index (χ0) is 20.6. The second kappa shape index (κ2) is 7.97. The van der Waals surface area contributed by atoms with Crippen molar-refractivity contribution in [3.63, 3.8) is 0 Å². The van der Waals surface area contributed by atoms with Crippen molar-refractivity contribution in [2.75, 3.05) is 24.3 Å². The van der Waals surface area contributed by atoms with Gasteiger partial charge in [-0.1, -0.05) is 11.8 Å². The highest BCUT2D eigenvalue weighted by molar-refractivity contribution is 8.00. The molecule has 3 aromatic rings. The normalized spacial score (nSPS) is 12.2. The van der Waals surface area contributed by atoms with Gasteiger partial charge < -0.3 is 10.2 Å². The Kier molecular flexibility index (Phi) is 5.81. The zero-order valence-electron chi connectivity index (χ0n) is 16.9. The molecule has 8 heteroatoms. The van der Waals surface area contributed by atoms with Gasteiger partial charge in [-0.15, -0.1) is 11.3 Å². The van der Waals surface area contributed by atoms with E-state index >= 15 is 0 Å². The van der Waals surface area contributed by atoms with Crippen LogP contribution in [0.1, 0.15) is 17.4 Å². The van der Waals surface area contributed by atoms with Crippen LogP contribution in [-0.2, 0) is 11.8 Å². The molecule has 2 aromatic heterocycles. The number of aromatic nitrogens is 2. The molecule has 1 atom stereocenters. The van der Waals surface area contributed by atoms with E-state index in [0.717, 1.165) is 26.6 Å². The van der Waals surface area contributed by atoms with Crippen LogP contribution in [0.2, 0.25) is 0 Å². The number of hydrogen-bond acceptors (Lipinski definition) is 6. The average Bonchev–Trinajstić information content (AvgIpc) is 2.93. The Hall–Kier alpha value is -2.32. The van der Waals surface area contributed by atoms with Gasteiger partial charge >= 0.3 is 0 Å². The van der Waals surface area contributed by atoms with Gasteiger partial charge in [0.2, 0.25) is 5.91 Å². The van der Waals surface area contributed by atoms with E-state index in [1.54, 1.807) is 7.05 Å². The summed E-state index contributed by atoms with van der Waals surface area (Å²) < 4.78 is 1.53. The highest BCUT2D eigenvalue weighted by Gasteiger charge is 2.20. The van der Waals surface area contributed by atoms with Crippen LogP contribution in [0.15, 0.2) is 34.2 Å². The summed E-state index contributed by atoms with van der Waals surface area (Å²) in [6.45, 7) is 5.75. The Morgan fingerprint density at radius 2 is 1.89 bits per heavy atom. The fourth-order valence-electron chi connectivity index (χ4n) is 2.76. The Labute approximate surface area is 172 Å². The van der Waals surface area contributed by atoms with Crippen molar-refractivity contribution in [3.8, 4) is 0 Å². The predicted molar refractivity (Wildman–Crippen MR) is 119 cm³/mol. The second-order valence-corrected chi connectivity index (χ2v) is 9.42. The molecule has 1 amide bonds. The minimum Gasteiger partial charge on any atom is -0.378 e. The van der Waals surface area contributed by atoms with Crippen molar-refractivity contribution >= 4 is 50.6 Å². The first-order chi connectivity index (χ1) is 13.2. The molecule has 3 rings (SSSR count). The molecule has 0 aliphatic rings. The fraction of sp³-hybridized carbons (Fsp3) is 0.350. The zero-order valence-corrected chi connectivity index (χ0v) is 18.5. The maximum Gasteiger partial charge on any atom is 0.262 e. The van der Waals surface area contributed by atoms with Crippen LogP contribution >= 0.6 is 23.1 Å². The Bertz CT molecular complexity index is 1080. The number of amides is 1. The number of nitrogens with one attached hydrogen (secondary N) is 1. The maximum absolute atomic E-state index is 12.7. The van der Waals surface area contributed by atoms with Gasteiger partial charge in [0.15, 0.2) is 5.16 Å². The lowest BCUT2D eigenvalue weighted by atomic mass is 10.2. The number of carbonyl (C=O) groups is 1. The number of fused-ring (bicyclic) bond motifs is 1. The van der Waals surface area contributed by atoms with E-state index in [-0.39, 0.29) is 11.5 Å². The lowest BCUT2D eigenvalue weighted by molar-refractivity contribution is -0.115. The Balaban J connectivity index is 1.78. The van der Waals surface area contributed by atoms with Gasteiger partial charge in [-0.05, 0) is 50.6 Å². The first kappa shape index (κ1) is 20.4. The van der Waals surface area contributed by atoms with Crippen LogP contribution in [0, 0.1) is 13.8 Å². The molecule has 28 heavy (non-hydrogen) atoms. The van der Waals surface area contributed by atoms with E-state index in [4.69, 9.17) is 0 Å². The third-order valence-corrected chi connectivity index (χ3v) is 6.92. The minimum absolute atomic E-state index is 0.0683. The summed E-state index contributed by atoms with van der Waals surface area (Å²) in [5, 5.41) is 3.74. The van der Waals surface area contributed by atoms with E-state index in [1.165, 1.54) is 27.7 Å². The average molecular weight is 417 g/mol. The molecular formula is C20H24N4O2S2. The van der Waals surface area contributed by atoms with Crippen LogP contribution in [0.5, 0.6) is 0 Å². The molecule has 0 saturated heterocycles. The van der Waals surface area contributed by atoms with E-state index in [1.807, 2.05) is 64.0 Å². The SMILES string of the molecule is Cc1sc2nc(SC(C)C(=O)Nc3ccc(N(C)C)cc3)n(C)c(=O)c2c1C. The highest BCUT2D eigenvalue weighted by atomic mass is 32.2. The monoisotopic (exact) mass is 416 g/mol. The van der Waals surface area contributed by atoms with Crippen LogP contribution in [0.4, 0.5) is 11.4 Å². The lowest BCUT2D eigenvalue weighted by Crippen LogP contribution is -2.25. The van der Waals surface area contributed by atoms with Crippen molar-refractivity contribution < 1.29 is 4.79 Å². The standard InChI is InChI=1S/C20H24N4O2S2/c1-11-12(2)27-18-16(11)19(26)24(6)20(22-18)28-13(3)17(25)21-14-7-9-15(10-8-14)23(4)5/h7-10,13H,1-6H3,(H,21,25). The minimum atomic E-state index is -0.397. The summed E-state index contributed by atoms with van der Waals surface area (Å²) in [6, 6.07) is 7.66. The van der Waals surface area contributed by atoms with Crippen molar-refractivity contribution in [2.45, 2.75) is 31.2 Å². The van der Waals surface area contributed by atoms with Crippen LogP contribution in [0.3, 0.4) is 0 Å². The summed E-state index contributed by atoms with van der Waals surface area (Å²) in [5.74, 6) is -0.129. The number of carbonyl (C=O) groups excluding carboxylic acids is 1. The molecule has 0 spiro atoms. The molecule has 0 aliphatic carbocycles. The number of aryl methyl sites for hydroxylation is 2. The quantitative estimate of drug-likeness (QED) is 0.506. The highest BCUT2D eigenvalue weighted by Crippen LogP contribution is 2.29. The summed E-state index contributed by atoms with van der Waals surface area (Å²) in [5.41, 5.74) is 2.72. The number of anilines is 2. The largest absolute Gasteiger partial charge is 0.378 e. The molecule has 148 valence electrons. The van der Waals surface area contributed by atoms with E-state index in [0.29, 0.717) is 10.5 Å². The van der Waals surface area contributed by atoms with Gasteiger partial charge in [0.25, 0.3) is 5.56 Å². The summed E-state index contributed by atoms with van der Waals surface area (Å²) >= 11 is 2.80.